The van der Waals surface area contributed by atoms with Gasteiger partial charge >= 0.3 is 7.12 Å². The molecule has 1 atom stereocenters. The molecule has 3 heterocycles. The lowest BCUT2D eigenvalue weighted by Crippen LogP contribution is -2.41. The van der Waals surface area contributed by atoms with Gasteiger partial charge in [-0.05, 0) is 57.6 Å². The van der Waals surface area contributed by atoms with Crippen LogP contribution < -0.4 is 5.46 Å². The maximum atomic E-state index is 15.9. The van der Waals surface area contributed by atoms with Crippen molar-refractivity contribution >= 4 is 35.3 Å². The molecule has 2 aromatic rings. The van der Waals surface area contributed by atoms with Gasteiger partial charge < -0.3 is 24.1 Å². The lowest BCUT2D eigenvalue weighted by Gasteiger charge is -2.32. The number of likely N-dealkylation sites (tertiary alicyclic amines) is 1. The Morgan fingerprint density at radius 1 is 1.18 bits per heavy atom. The number of amides is 2. The number of H-pyrrole nitrogens is 1. The summed E-state index contributed by atoms with van der Waals surface area (Å²) in [5.41, 5.74) is 0.652. The van der Waals surface area contributed by atoms with Gasteiger partial charge in [0, 0.05) is 45.4 Å². The number of carbonyl (C=O) groups excluding carboxylic acids is 2. The van der Waals surface area contributed by atoms with Crippen molar-refractivity contribution in [3.05, 3.63) is 29.2 Å². The monoisotopic (exact) mass is 457 g/mol. The van der Waals surface area contributed by atoms with Crippen LogP contribution in [0.2, 0.25) is 0 Å². The fourth-order valence-electron chi connectivity index (χ4n) is 4.64. The predicted molar refractivity (Wildman–Crippen MR) is 126 cm³/mol. The highest BCUT2D eigenvalue weighted by Gasteiger charge is 2.52. The van der Waals surface area contributed by atoms with Gasteiger partial charge in [0.05, 0.1) is 16.7 Å². The highest BCUT2D eigenvalue weighted by atomic mass is 19.1. The topological polar surface area (TPSA) is 74.9 Å². The molecule has 0 bridgehead atoms. The van der Waals surface area contributed by atoms with E-state index >= 15 is 4.39 Å². The minimum atomic E-state index is -0.706. The minimum absolute atomic E-state index is 0.00823. The molecular weight excluding hydrogens is 424 g/mol. The number of piperidine rings is 1. The molecule has 2 aliphatic heterocycles. The Morgan fingerprint density at radius 2 is 1.82 bits per heavy atom. The lowest BCUT2D eigenvalue weighted by molar-refractivity contribution is -0.130. The summed E-state index contributed by atoms with van der Waals surface area (Å²) in [6.07, 6.45) is 1.59. The molecule has 4 rings (SSSR count). The van der Waals surface area contributed by atoms with Gasteiger partial charge in [-0.15, -0.1) is 0 Å². The number of aromatic amines is 1. The molecule has 7 nitrogen and oxygen atoms in total. The molecule has 2 fully saturated rings. The molecule has 1 aromatic heterocycles. The standard InChI is InChI=1S/C24H33BFN3O4/c1-14(30)29-10-8-9-15(13-29)16-11-18(25-32-23(2,3)24(4,5)33-25)17-12-19(22(31)28(6)7)27-21(17)20(16)26/h11-12,15,27H,8-10,13H2,1-7H3/t15-/m1/s1. The summed E-state index contributed by atoms with van der Waals surface area (Å²) in [6.45, 7) is 10.6. The molecule has 2 saturated heterocycles. The minimum Gasteiger partial charge on any atom is -0.399 e. The Bertz CT molecular complexity index is 1090. The van der Waals surface area contributed by atoms with Crippen molar-refractivity contribution in [1.29, 1.82) is 0 Å². The van der Waals surface area contributed by atoms with Crippen molar-refractivity contribution in [3.8, 4) is 0 Å². The summed E-state index contributed by atoms with van der Waals surface area (Å²) in [5, 5.41) is 0.569. The molecule has 2 amide bonds. The molecule has 0 spiro atoms. The first-order valence-corrected chi connectivity index (χ1v) is 11.5. The number of hydrogen-bond acceptors (Lipinski definition) is 4. The molecular formula is C24H33BFN3O4. The summed E-state index contributed by atoms with van der Waals surface area (Å²) < 4.78 is 28.5. The van der Waals surface area contributed by atoms with Crippen LogP contribution in [0.15, 0.2) is 12.1 Å². The van der Waals surface area contributed by atoms with E-state index in [0.29, 0.717) is 35.2 Å². The second-order valence-electron chi connectivity index (χ2n) is 10.4. The van der Waals surface area contributed by atoms with E-state index < -0.39 is 24.1 Å². The van der Waals surface area contributed by atoms with Crippen molar-refractivity contribution in [2.24, 2.45) is 0 Å². The predicted octanol–water partition coefficient (Wildman–Crippen LogP) is 3.03. The first-order valence-electron chi connectivity index (χ1n) is 11.5. The van der Waals surface area contributed by atoms with E-state index in [1.165, 1.54) is 4.90 Å². The summed E-state index contributed by atoms with van der Waals surface area (Å²) >= 11 is 0. The number of fused-ring (bicyclic) bond motifs is 1. The van der Waals surface area contributed by atoms with Crippen LogP contribution in [-0.4, -0.2) is 72.1 Å². The van der Waals surface area contributed by atoms with Gasteiger partial charge in [0.1, 0.15) is 5.69 Å². The first kappa shape index (κ1) is 23.8. The van der Waals surface area contributed by atoms with Crippen LogP contribution in [-0.2, 0) is 14.1 Å². The lowest BCUT2D eigenvalue weighted by atomic mass is 9.74. The van der Waals surface area contributed by atoms with Gasteiger partial charge in [-0.25, -0.2) is 4.39 Å². The zero-order valence-electron chi connectivity index (χ0n) is 20.5. The molecule has 0 aliphatic carbocycles. The SMILES string of the molecule is CC(=O)N1CCC[C@@H](c2cc(B3OC(C)(C)C(C)(C)O3)c3cc(C(=O)N(C)C)[nH]c3c2F)C1. The highest BCUT2D eigenvalue weighted by Crippen LogP contribution is 2.38. The number of benzene rings is 1. The molecule has 9 heteroatoms. The van der Waals surface area contributed by atoms with Crippen molar-refractivity contribution in [2.75, 3.05) is 27.2 Å². The summed E-state index contributed by atoms with van der Waals surface area (Å²) in [4.78, 5) is 30.8. The fraction of sp³-hybridized carbons (Fsp3) is 0.583. The Labute approximate surface area is 194 Å². The van der Waals surface area contributed by atoms with Gasteiger partial charge in [0.25, 0.3) is 5.91 Å². The van der Waals surface area contributed by atoms with E-state index in [2.05, 4.69) is 4.98 Å². The van der Waals surface area contributed by atoms with Gasteiger partial charge in [0.2, 0.25) is 5.91 Å². The number of halogens is 1. The van der Waals surface area contributed by atoms with Gasteiger partial charge in [-0.3, -0.25) is 9.59 Å². The number of carbonyl (C=O) groups is 2. The van der Waals surface area contributed by atoms with Crippen LogP contribution in [0.5, 0.6) is 0 Å². The Balaban J connectivity index is 1.87. The van der Waals surface area contributed by atoms with Gasteiger partial charge in [0.15, 0.2) is 5.82 Å². The van der Waals surface area contributed by atoms with Crippen LogP contribution in [0.4, 0.5) is 4.39 Å². The third-order valence-corrected chi connectivity index (χ3v) is 7.36. The van der Waals surface area contributed by atoms with E-state index in [4.69, 9.17) is 9.31 Å². The zero-order valence-corrected chi connectivity index (χ0v) is 20.5. The van der Waals surface area contributed by atoms with Gasteiger partial charge in [-0.1, -0.05) is 6.07 Å². The number of hydrogen-bond donors (Lipinski definition) is 1. The van der Waals surface area contributed by atoms with Crippen LogP contribution in [0.1, 0.15) is 69.4 Å². The van der Waals surface area contributed by atoms with Crippen molar-refractivity contribution < 1.29 is 23.3 Å². The molecule has 0 radical (unpaired) electrons. The molecule has 1 N–H and O–H groups in total. The zero-order chi connectivity index (χ0) is 24.3. The second kappa shape index (κ2) is 8.13. The molecule has 1 aromatic carbocycles. The number of nitrogens with zero attached hydrogens (tertiary/aromatic N) is 2. The molecule has 178 valence electrons. The number of rotatable bonds is 3. The summed E-state index contributed by atoms with van der Waals surface area (Å²) in [5.74, 6) is -0.790. The van der Waals surface area contributed by atoms with E-state index in [1.807, 2.05) is 33.8 Å². The average molecular weight is 457 g/mol. The first-order chi connectivity index (χ1) is 15.3. The van der Waals surface area contributed by atoms with Crippen molar-refractivity contribution in [1.82, 2.24) is 14.8 Å². The Hall–Kier alpha value is -2.39. The van der Waals surface area contributed by atoms with Crippen molar-refractivity contribution in [3.63, 3.8) is 0 Å². The Kier molecular flexibility index (Phi) is 5.85. The smallest absolute Gasteiger partial charge is 0.399 e. The molecule has 0 saturated carbocycles. The summed E-state index contributed by atoms with van der Waals surface area (Å²) in [6, 6.07) is 3.49. The van der Waals surface area contributed by atoms with Crippen LogP contribution >= 0.6 is 0 Å². The quantitative estimate of drug-likeness (QED) is 0.720. The molecule has 2 aliphatic rings. The van der Waals surface area contributed by atoms with E-state index in [-0.39, 0.29) is 23.2 Å². The van der Waals surface area contributed by atoms with Crippen LogP contribution in [0, 0.1) is 5.82 Å². The average Bonchev–Trinajstić information content (AvgIpc) is 3.26. The third kappa shape index (κ3) is 4.06. The normalized spacial score (nSPS) is 22.1. The third-order valence-electron chi connectivity index (χ3n) is 7.36. The Morgan fingerprint density at radius 3 is 2.39 bits per heavy atom. The fourth-order valence-corrected chi connectivity index (χ4v) is 4.64. The maximum Gasteiger partial charge on any atom is 0.495 e. The number of aromatic nitrogens is 1. The molecule has 33 heavy (non-hydrogen) atoms. The van der Waals surface area contributed by atoms with E-state index in [9.17, 15) is 9.59 Å². The van der Waals surface area contributed by atoms with Crippen molar-refractivity contribution in [2.45, 2.75) is 64.6 Å². The second-order valence-corrected chi connectivity index (χ2v) is 10.4. The van der Waals surface area contributed by atoms with Crippen LogP contribution in [0.3, 0.4) is 0 Å². The largest absolute Gasteiger partial charge is 0.495 e. The van der Waals surface area contributed by atoms with E-state index in [1.54, 1.807) is 32.0 Å². The highest BCUT2D eigenvalue weighted by molar-refractivity contribution is 6.65. The molecule has 0 unspecified atom stereocenters. The number of nitrogens with one attached hydrogen (secondary N) is 1. The van der Waals surface area contributed by atoms with Gasteiger partial charge in [-0.2, -0.15) is 0 Å². The maximum absolute atomic E-state index is 15.9. The van der Waals surface area contributed by atoms with Crippen LogP contribution in [0.25, 0.3) is 10.9 Å². The van der Waals surface area contributed by atoms with E-state index in [0.717, 1.165) is 12.8 Å². The summed E-state index contributed by atoms with van der Waals surface area (Å²) in [7, 11) is 2.61.